The van der Waals surface area contributed by atoms with Crippen LogP contribution in [0.1, 0.15) is 37.6 Å². The molecule has 1 fully saturated rings. The van der Waals surface area contributed by atoms with Gasteiger partial charge in [0.05, 0.1) is 5.69 Å². The number of nitrogens with zero attached hydrogens (tertiary/aromatic N) is 2. The van der Waals surface area contributed by atoms with Gasteiger partial charge in [0.15, 0.2) is 0 Å². The van der Waals surface area contributed by atoms with Crippen LogP contribution in [0.5, 0.6) is 0 Å². The van der Waals surface area contributed by atoms with E-state index in [1.165, 1.54) is 44.6 Å². The van der Waals surface area contributed by atoms with Crippen molar-refractivity contribution in [1.82, 2.24) is 15.2 Å². The number of hydrogen-bond acceptors (Lipinski definition) is 3. The summed E-state index contributed by atoms with van der Waals surface area (Å²) in [4.78, 5) is 7.12. The molecule has 0 bridgehead atoms. The smallest absolute Gasteiger partial charge is 0.0547 e. The number of aromatic nitrogens is 1. The van der Waals surface area contributed by atoms with Gasteiger partial charge in [-0.2, -0.15) is 0 Å². The highest BCUT2D eigenvalue weighted by atomic mass is 15.1. The average Bonchev–Trinajstić information content (AvgIpc) is 2.44. The van der Waals surface area contributed by atoms with Gasteiger partial charge in [0.25, 0.3) is 0 Å². The molecule has 0 aromatic carbocycles. The van der Waals surface area contributed by atoms with E-state index >= 15 is 0 Å². The van der Waals surface area contributed by atoms with Crippen molar-refractivity contribution >= 4 is 0 Å². The Morgan fingerprint density at radius 1 is 1.32 bits per heavy atom. The van der Waals surface area contributed by atoms with Crippen molar-refractivity contribution in [2.24, 2.45) is 5.92 Å². The summed E-state index contributed by atoms with van der Waals surface area (Å²) in [7, 11) is 0. The fourth-order valence-electron chi connectivity index (χ4n) is 2.80. The number of hydrogen-bond donors (Lipinski definition) is 1. The van der Waals surface area contributed by atoms with E-state index < -0.39 is 0 Å². The molecule has 1 aliphatic rings. The molecule has 0 atom stereocenters. The molecule has 1 aromatic rings. The topological polar surface area (TPSA) is 28.2 Å². The molecule has 2 heterocycles. The number of nitrogens with one attached hydrogen (secondary N) is 1. The van der Waals surface area contributed by atoms with E-state index in [4.69, 9.17) is 0 Å². The highest BCUT2D eigenvalue weighted by Crippen LogP contribution is 2.16. The maximum atomic E-state index is 4.60. The zero-order valence-electron chi connectivity index (χ0n) is 12.4. The van der Waals surface area contributed by atoms with Crippen molar-refractivity contribution in [2.45, 2.75) is 39.7 Å². The third-order valence-electron chi connectivity index (χ3n) is 4.09. The Balaban J connectivity index is 1.79. The molecule has 0 unspecified atom stereocenters. The van der Waals surface area contributed by atoms with Crippen molar-refractivity contribution in [2.75, 3.05) is 26.2 Å². The molecular weight excluding hydrogens is 234 g/mol. The van der Waals surface area contributed by atoms with Crippen LogP contribution in [0.2, 0.25) is 0 Å². The molecule has 0 aliphatic carbocycles. The van der Waals surface area contributed by atoms with E-state index in [1.54, 1.807) is 0 Å². The van der Waals surface area contributed by atoms with E-state index in [9.17, 15) is 0 Å². The van der Waals surface area contributed by atoms with Gasteiger partial charge in [-0.25, -0.2) is 0 Å². The summed E-state index contributed by atoms with van der Waals surface area (Å²) in [5.41, 5.74) is 2.32. The first-order valence-electron chi connectivity index (χ1n) is 7.63. The third kappa shape index (κ3) is 4.92. The van der Waals surface area contributed by atoms with E-state index in [2.05, 4.69) is 47.2 Å². The van der Waals surface area contributed by atoms with Crippen LogP contribution in [0.25, 0.3) is 0 Å². The maximum absolute atomic E-state index is 4.60. The fourth-order valence-corrected chi connectivity index (χ4v) is 2.80. The first kappa shape index (κ1) is 14.5. The normalized spacial score (nSPS) is 17.0. The van der Waals surface area contributed by atoms with Gasteiger partial charge in [0.2, 0.25) is 0 Å². The summed E-state index contributed by atoms with van der Waals surface area (Å²) in [6.07, 6.45) is 4.03. The Hall–Kier alpha value is -0.930. The summed E-state index contributed by atoms with van der Waals surface area (Å²) in [5.74, 6) is 0.917. The third-order valence-corrected chi connectivity index (χ3v) is 4.09. The number of piperidine rings is 1. The Kier molecular flexibility index (Phi) is 5.80. The summed E-state index contributed by atoms with van der Waals surface area (Å²) < 4.78 is 0. The second-order valence-electron chi connectivity index (χ2n) is 5.62. The number of aryl methyl sites for hydroxylation is 1. The van der Waals surface area contributed by atoms with Gasteiger partial charge in [0, 0.05) is 12.2 Å². The van der Waals surface area contributed by atoms with Gasteiger partial charge >= 0.3 is 0 Å². The van der Waals surface area contributed by atoms with Crippen LogP contribution in [0.3, 0.4) is 0 Å². The standard InChI is InChI=1S/C16H27N3/c1-3-19(12-9-15-7-10-17-11-8-15)13-16-6-4-5-14(2)18-16/h4-6,15,17H,3,7-13H2,1-2H3. The van der Waals surface area contributed by atoms with Crippen LogP contribution >= 0.6 is 0 Å². The Morgan fingerprint density at radius 3 is 2.79 bits per heavy atom. The molecule has 1 aliphatic heterocycles. The van der Waals surface area contributed by atoms with Gasteiger partial charge < -0.3 is 5.32 Å². The summed E-state index contributed by atoms with van der Waals surface area (Å²) >= 11 is 0. The average molecular weight is 261 g/mol. The van der Waals surface area contributed by atoms with E-state index in [1.807, 2.05) is 0 Å². The van der Waals surface area contributed by atoms with Crippen LogP contribution in [0.4, 0.5) is 0 Å². The van der Waals surface area contributed by atoms with Gasteiger partial charge in [-0.15, -0.1) is 0 Å². The summed E-state index contributed by atoms with van der Waals surface area (Å²) in [6.45, 7) is 10.0. The molecule has 3 nitrogen and oxygen atoms in total. The van der Waals surface area contributed by atoms with Gasteiger partial charge in [0.1, 0.15) is 0 Å². The monoisotopic (exact) mass is 261 g/mol. The van der Waals surface area contributed by atoms with Crippen LogP contribution in [0.15, 0.2) is 18.2 Å². The molecule has 0 amide bonds. The molecule has 0 spiro atoms. The van der Waals surface area contributed by atoms with E-state index in [0.29, 0.717) is 0 Å². The zero-order valence-corrected chi connectivity index (χ0v) is 12.4. The first-order chi connectivity index (χ1) is 9.28. The molecule has 0 radical (unpaired) electrons. The number of rotatable bonds is 6. The van der Waals surface area contributed by atoms with Gasteiger partial charge in [-0.05, 0) is 70.4 Å². The molecule has 0 saturated carbocycles. The lowest BCUT2D eigenvalue weighted by atomic mass is 9.94. The SMILES string of the molecule is CCN(CCC1CCNCC1)Cc1cccc(C)n1. The van der Waals surface area contributed by atoms with Crippen LogP contribution < -0.4 is 5.32 Å². The van der Waals surface area contributed by atoms with Crippen LogP contribution in [-0.4, -0.2) is 36.1 Å². The van der Waals surface area contributed by atoms with Crippen LogP contribution in [-0.2, 0) is 6.54 Å². The minimum Gasteiger partial charge on any atom is -0.317 e. The molecular formula is C16H27N3. The minimum atomic E-state index is 0.917. The number of pyridine rings is 1. The zero-order chi connectivity index (χ0) is 13.5. The molecule has 106 valence electrons. The maximum Gasteiger partial charge on any atom is 0.0547 e. The van der Waals surface area contributed by atoms with Crippen molar-refractivity contribution in [3.05, 3.63) is 29.6 Å². The Morgan fingerprint density at radius 2 is 2.11 bits per heavy atom. The Labute approximate surface area is 117 Å². The van der Waals surface area contributed by atoms with Crippen molar-refractivity contribution in [3.8, 4) is 0 Å². The molecule has 2 rings (SSSR count). The minimum absolute atomic E-state index is 0.917. The lowest BCUT2D eigenvalue weighted by molar-refractivity contribution is 0.235. The first-order valence-corrected chi connectivity index (χ1v) is 7.63. The molecule has 1 saturated heterocycles. The predicted octanol–water partition coefficient (Wildman–Crippen LogP) is 2.60. The van der Waals surface area contributed by atoms with Crippen LogP contribution in [0, 0.1) is 12.8 Å². The molecule has 19 heavy (non-hydrogen) atoms. The predicted molar refractivity (Wildman–Crippen MR) is 80.1 cm³/mol. The fraction of sp³-hybridized carbons (Fsp3) is 0.688. The van der Waals surface area contributed by atoms with Gasteiger partial charge in [-0.1, -0.05) is 13.0 Å². The van der Waals surface area contributed by atoms with Gasteiger partial charge in [-0.3, -0.25) is 9.88 Å². The quantitative estimate of drug-likeness (QED) is 0.853. The molecule has 1 N–H and O–H groups in total. The van der Waals surface area contributed by atoms with Crippen molar-refractivity contribution in [1.29, 1.82) is 0 Å². The second kappa shape index (κ2) is 7.61. The Bertz CT molecular complexity index is 372. The van der Waals surface area contributed by atoms with E-state index in [-0.39, 0.29) is 0 Å². The van der Waals surface area contributed by atoms with Crippen molar-refractivity contribution in [3.63, 3.8) is 0 Å². The van der Waals surface area contributed by atoms with E-state index in [0.717, 1.165) is 24.7 Å². The summed E-state index contributed by atoms with van der Waals surface area (Å²) in [6, 6.07) is 6.31. The highest BCUT2D eigenvalue weighted by molar-refractivity contribution is 5.09. The summed E-state index contributed by atoms with van der Waals surface area (Å²) in [5, 5.41) is 3.44. The molecule has 1 aromatic heterocycles. The largest absolute Gasteiger partial charge is 0.317 e. The lowest BCUT2D eigenvalue weighted by Crippen LogP contribution is -2.31. The van der Waals surface area contributed by atoms with Crippen molar-refractivity contribution < 1.29 is 0 Å². The lowest BCUT2D eigenvalue weighted by Gasteiger charge is -2.26. The molecule has 3 heteroatoms. The highest BCUT2D eigenvalue weighted by Gasteiger charge is 2.14. The second-order valence-corrected chi connectivity index (χ2v) is 5.62.